The van der Waals surface area contributed by atoms with Gasteiger partial charge in [-0.25, -0.2) is 9.67 Å². The maximum Gasteiger partial charge on any atom is 0.282 e. The van der Waals surface area contributed by atoms with Gasteiger partial charge in [-0.05, 0) is 25.7 Å². The summed E-state index contributed by atoms with van der Waals surface area (Å²) in [5.41, 5.74) is 0. The Hall–Kier alpha value is -1.52. The minimum Gasteiger partial charge on any atom is -0.341 e. The smallest absolute Gasteiger partial charge is 0.282 e. The van der Waals surface area contributed by atoms with Gasteiger partial charge in [-0.1, -0.05) is 6.42 Å². The summed E-state index contributed by atoms with van der Waals surface area (Å²) in [5, 5.41) is 4.19. The molecule has 3 aliphatic rings. The largest absolute Gasteiger partial charge is 0.341 e. The zero-order chi connectivity index (χ0) is 18.9. The van der Waals surface area contributed by atoms with Gasteiger partial charge in [0, 0.05) is 45.7 Å². The third kappa shape index (κ3) is 3.88. The molecule has 1 aromatic heterocycles. The van der Waals surface area contributed by atoms with E-state index in [1.54, 1.807) is 8.61 Å². The van der Waals surface area contributed by atoms with E-state index >= 15 is 0 Å². The first-order valence-electron chi connectivity index (χ1n) is 9.96. The molecule has 9 nitrogen and oxygen atoms in total. The molecule has 3 aliphatic heterocycles. The molecule has 1 amide bonds. The molecule has 1 aromatic rings. The fraction of sp³-hybridized carbons (Fsp3) is 0.824. The Morgan fingerprint density at radius 3 is 2.52 bits per heavy atom. The summed E-state index contributed by atoms with van der Waals surface area (Å²) < 4.78 is 30.8. The fourth-order valence-corrected chi connectivity index (χ4v) is 6.02. The van der Waals surface area contributed by atoms with Gasteiger partial charge in [0.1, 0.15) is 12.2 Å². The summed E-state index contributed by atoms with van der Waals surface area (Å²) in [6.45, 7) is 3.75. The van der Waals surface area contributed by atoms with Gasteiger partial charge in [0.15, 0.2) is 0 Å². The molecule has 0 spiro atoms. The van der Waals surface area contributed by atoms with E-state index in [1.165, 1.54) is 6.33 Å². The van der Waals surface area contributed by atoms with E-state index in [1.807, 2.05) is 9.58 Å². The topological polar surface area (TPSA) is 91.6 Å². The van der Waals surface area contributed by atoms with Crippen LogP contribution < -0.4 is 0 Å². The maximum absolute atomic E-state index is 13.0. The zero-order valence-electron chi connectivity index (χ0n) is 15.7. The van der Waals surface area contributed by atoms with Crippen molar-refractivity contribution in [3.8, 4) is 0 Å². The average molecular weight is 397 g/mol. The lowest BCUT2D eigenvalue weighted by Gasteiger charge is -2.32. The molecule has 0 radical (unpaired) electrons. The minimum absolute atomic E-state index is 0.0931. The van der Waals surface area contributed by atoms with Crippen LogP contribution in [0.2, 0.25) is 0 Å². The van der Waals surface area contributed by atoms with Crippen LogP contribution in [0.25, 0.3) is 0 Å². The van der Waals surface area contributed by atoms with E-state index in [4.69, 9.17) is 0 Å². The van der Waals surface area contributed by atoms with Crippen molar-refractivity contribution in [2.75, 3.05) is 39.3 Å². The quantitative estimate of drug-likeness (QED) is 0.723. The number of nitrogens with zero attached hydrogens (tertiary/aromatic N) is 6. The van der Waals surface area contributed by atoms with Crippen molar-refractivity contribution in [2.24, 2.45) is 5.92 Å². The number of piperidine rings is 1. The van der Waals surface area contributed by atoms with Gasteiger partial charge >= 0.3 is 0 Å². The number of carbonyl (C=O) groups is 1. The highest BCUT2D eigenvalue weighted by atomic mass is 32.2. The first-order valence-corrected chi connectivity index (χ1v) is 11.4. The van der Waals surface area contributed by atoms with Crippen LogP contribution in [-0.2, 0) is 28.0 Å². The van der Waals surface area contributed by atoms with Gasteiger partial charge < -0.3 is 4.90 Å². The van der Waals surface area contributed by atoms with Crippen molar-refractivity contribution in [1.29, 1.82) is 0 Å². The molecule has 4 heterocycles. The number of aryl methyl sites for hydroxylation is 1. The number of carbonyl (C=O) groups excluding carboxylic acids is 1. The summed E-state index contributed by atoms with van der Waals surface area (Å²) in [6.07, 6.45) is 6.73. The Morgan fingerprint density at radius 1 is 0.963 bits per heavy atom. The van der Waals surface area contributed by atoms with Crippen molar-refractivity contribution in [3.63, 3.8) is 0 Å². The monoisotopic (exact) mass is 396 g/mol. The number of aromatic nitrogens is 3. The molecular weight excluding hydrogens is 368 g/mol. The number of rotatable bonds is 3. The second-order valence-corrected chi connectivity index (χ2v) is 9.57. The average Bonchev–Trinajstić information content (AvgIpc) is 3.02. The highest BCUT2D eigenvalue weighted by Gasteiger charge is 2.34. The molecule has 1 atom stereocenters. The van der Waals surface area contributed by atoms with E-state index in [2.05, 4.69) is 10.1 Å². The van der Waals surface area contributed by atoms with Crippen LogP contribution in [0.1, 0.15) is 37.9 Å². The van der Waals surface area contributed by atoms with Crippen LogP contribution in [-0.4, -0.2) is 81.9 Å². The van der Waals surface area contributed by atoms with Crippen molar-refractivity contribution in [1.82, 2.24) is 28.3 Å². The number of amides is 1. The first kappa shape index (κ1) is 18.8. The highest BCUT2D eigenvalue weighted by Crippen LogP contribution is 2.22. The molecule has 0 saturated carbocycles. The van der Waals surface area contributed by atoms with E-state index in [9.17, 15) is 13.2 Å². The Kier molecular flexibility index (Phi) is 5.47. The van der Waals surface area contributed by atoms with Crippen LogP contribution in [0.4, 0.5) is 0 Å². The highest BCUT2D eigenvalue weighted by molar-refractivity contribution is 7.86. The van der Waals surface area contributed by atoms with Gasteiger partial charge in [0.2, 0.25) is 5.91 Å². The molecule has 0 aliphatic carbocycles. The second-order valence-electron chi connectivity index (χ2n) is 7.64. The number of fused-ring (bicyclic) bond motifs is 1. The third-order valence-electron chi connectivity index (χ3n) is 5.89. The van der Waals surface area contributed by atoms with Gasteiger partial charge in [-0.15, -0.1) is 0 Å². The lowest BCUT2D eigenvalue weighted by Crippen LogP contribution is -2.47. The summed E-state index contributed by atoms with van der Waals surface area (Å²) in [5.74, 6) is 0.964. The van der Waals surface area contributed by atoms with E-state index in [0.29, 0.717) is 52.2 Å². The molecule has 2 fully saturated rings. The Bertz CT molecular complexity index is 773. The van der Waals surface area contributed by atoms with E-state index in [0.717, 1.165) is 37.9 Å². The number of hydrogen-bond donors (Lipinski definition) is 0. The Balaban J connectivity index is 1.37. The van der Waals surface area contributed by atoms with Crippen molar-refractivity contribution in [3.05, 3.63) is 12.2 Å². The molecule has 27 heavy (non-hydrogen) atoms. The maximum atomic E-state index is 13.0. The molecule has 4 rings (SSSR count). The summed E-state index contributed by atoms with van der Waals surface area (Å²) >= 11 is 0. The SMILES string of the molecule is O=C(C1CCc2ncnn2C1)N1CCCN(S(=O)(=O)N2CCCCC2)CC1. The first-order chi connectivity index (χ1) is 13.1. The second kappa shape index (κ2) is 7.84. The molecule has 150 valence electrons. The molecule has 0 aromatic carbocycles. The van der Waals surface area contributed by atoms with Crippen LogP contribution in [0.5, 0.6) is 0 Å². The molecule has 0 bridgehead atoms. The lowest BCUT2D eigenvalue weighted by molar-refractivity contribution is -0.136. The molecular formula is C17H28N6O3S. The summed E-state index contributed by atoms with van der Waals surface area (Å²) in [4.78, 5) is 19.0. The standard InChI is InChI=1S/C17H28N6O3S/c24-17(15-5-6-16-18-14-19-23(16)13-15)20-7-4-10-22(12-11-20)27(25,26)21-8-2-1-3-9-21/h14-15H,1-13H2. The van der Waals surface area contributed by atoms with E-state index in [-0.39, 0.29) is 11.8 Å². The normalized spacial score (nSPS) is 25.8. The van der Waals surface area contributed by atoms with Crippen LogP contribution in [0.15, 0.2) is 6.33 Å². The Labute approximate surface area is 160 Å². The summed E-state index contributed by atoms with van der Waals surface area (Å²) in [6, 6.07) is 0. The Morgan fingerprint density at radius 2 is 1.70 bits per heavy atom. The number of hydrogen-bond acceptors (Lipinski definition) is 5. The van der Waals surface area contributed by atoms with Crippen molar-refractivity contribution >= 4 is 16.1 Å². The summed E-state index contributed by atoms with van der Waals surface area (Å²) in [7, 11) is -3.41. The predicted octanol–water partition coefficient (Wildman–Crippen LogP) is 0.106. The third-order valence-corrected chi connectivity index (χ3v) is 7.92. The van der Waals surface area contributed by atoms with E-state index < -0.39 is 10.2 Å². The zero-order valence-corrected chi connectivity index (χ0v) is 16.5. The van der Waals surface area contributed by atoms with Crippen LogP contribution >= 0.6 is 0 Å². The van der Waals surface area contributed by atoms with Gasteiger partial charge in [-0.2, -0.15) is 22.1 Å². The predicted molar refractivity (Wildman–Crippen MR) is 98.9 cm³/mol. The van der Waals surface area contributed by atoms with Crippen molar-refractivity contribution < 1.29 is 13.2 Å². The van der Waals surface area contributed by atoms with Gasteiger partial charge in [0.05, 0.1) is 12.5 Å². The van der Waals surface area contributed by atoms with Gasteiger partial charge in [0.25, 0.3) is 10.2 Å². The fourth-order valence-electron chi connectivity index (χ4n) is 4.30. The molecule has 10 heteroatoms. The van der Waals surface area contributed by atoms with Gasteiger partial charge in [-0.3, -0.25) is 4.79 Å². The van der Waals surface area contributed by atoms with Crippen LogP contribution in [0.3, 0.4) is 0 Å². The van der Waals surface area contributed by atoms with Crippen LogP contribution in [0, 0.1) is 5.92 Å². The minimum atomic E-state index is -3.41. The lowest BCUT2D eigenvalue weighted by atomic mass is 9.98. The van der Waals surface area contributed by atoms with Crippen molar-refractivity contribution in [2.45, 2.75) is 45.1 Å². The molecule has 1 unspecified atom stereocenters. The molecule has 0 N–H and O–H groups in total. The molecule has 2 saturated heterocycles.